The zero-order valence-corrected chi connectivity index (χ0v) is 6.33. The highest BCUT2D eigenvalue weighted by atomic mass is 32.2. The molecule has 0 aliphatic rings. The zero-order valence-electron chi connectivity index (χ0n) is 5.52. The van der Waals surface area contributed by atoms with E-state index >= 15 is 0 Å². The third kappa shape index (κ3) is 7.62. The van der Waals surface area contributed by atoms with E-state index in [0.717, 1.165) is 12.2 Å². The van der Waals surface area contributed by atoms with Crippen LogP contribution in [0.3, 0.4) is 0 Å². The van der Waals surface area contributed by atoms with Gasteiger partial charge in [0.1, 0.15) is 0 Å². The van der Waals surface area contributed by atoms with Crippen molar-refractivity contribution in [1.82, 2.24) is 5.32 Å². The van der Waals surface area contributed by atoms with Crippen molar-refractivity contribution < 1.29 is 4.79 Å². The summed E-state index contributed by atoms with van der Waals surface area (Å²) in [7, 11) is 0. The highest BCUT2D eigenvalue weighted by Crippen LogP contribution is 1.92. The van der Waals surface area contributed by atoms with Crippen molar-refractivity contribution in [3.05, 3.63) is 0 Å². The van der Waals surface area contributed by atoms with Gasteiger partial charge in [-0.1, -0.05) is 0 Å². The Hall–Kier alpha value is -0.380. The first-order valence-corrected chi connectivity index (χ1v) is 4.19. The Bertz CT molecular complexity index is 87.0. The molecule has 0 aliphatic carbocycles. The lowest BCUT2D eigenvalue weighted by atomic mass is 10.5. The highest BCUT2D eigenvalue weighted by molar-refractivity contribution is 7.98. The van der Waals surface area contributed by atoms with E-state index in [1.54, 1.807) is 11.8 Å². The van der Waals surface area contributed by atoms with Crippen LogP contribution in [0.5, 0.6) is 0 Å². The van der Waals surface area contributed by atoms with Gasteiger partial charge in [-0.3, -0.25) is 0 Å². The van der Waals surface area contributed by atoms with Gasteiger partial charge in [0.25, 0.3) is 0 Å². The van der Waals surface area contributed by atoms with Crippen LogP contribution in [-0.2, 0) is 0 Å². The summed E-state index contributed by atoms with van der Waals surface area (Å²) in [6, 6.07) is -0.434. The molecule has 0 rings (SSSR count). The fraction of sp³-hybridized carbons (Fsp3) is 0.800. The Labute approximate surface area is 59.4 Å². The second-order valence-corrected chi connectivity index (χ2v) is 2.62. The highest BCUT2D eigenvalue weighted by Gasteiger charge is 1.88. The van der Waals surface area contributed by atoms with Crippen molar-refractivity contribution in [3.63, 3.8) is 0 Å². The predicted octanol–water partition coefficient (Wildman–Crippen LogP) is 0.408. The van der Waals surface area contributed by atoms with E-state index in [1.807, 2.05) is 6.26 Å². The topological polar surface area (TPSA) is 55.1 Å². The van der Waals surface area contributed by atoms with Crippen LogP contribution in [0.15, 0.2) is 0 Å². The maximum atomic E-state index is 10.1. The number of primary amides is 1. The molecule has 0 aromatic rings. The maximum absolute atomic E-state index is 10.1. The molecule has 0 aliphatic heterocycles. The molecule has 0 aromatic carbocycles. The molecule has 0 atom stereocenters. The van der Waals surface area contributed by atoms with E-state index in [-0.39, 0.29) is 0 Å². The summed E-state index contributed by atoms with van der Waals surface area (Å²) in [6.45, 7) is 0.691. The van der Waals surface area contributed by atoms with Crippen LogP contribution in [0.4, 0.5) is 4.79 Å². The van der Waals surface area contributed by atoms with Crippen LogP contribution in [0.1, 0.15) is 6.42 Å². The number of hydrogen-bond donors (Lipinski definition) is 2. The third-order valence-corrected chi connectivity index (χ3v) is 1.52. The fourth-order valence-electron chi connectivity index (χ4n) is 0.428. The standard InChI is InChI=1S/C5H12N2OS/c1-9-4-2-3-7-5(6)8/h2-4H2,1H3,(H3,6,7,8). The Kier molecular flexibility index (Phi) is 5.51. The SMILES string of the molecule is CSCCCNC(N)=O. The number of thioether (sulfide) groups is 1. The lowest BCUT2D eigenvalue weighted by Gasteiger charge is -1.97. The molecule has 0 radical (unpaired) electrons. The fourth-order valence-corrected chi connectivity index (χ4v) is 0.861. The van der Waals surface area contributed by atoms with E-state index < -0.39 is 6.03 Å². The molecule has 0 unspecified atom stereocenters. The molecule has 0 aromatic heterocycles. The summed E-state index contributed by atoms with van der Waals surface area (Å²) >= 11 is 1.76. The Morgan fingerprint density at radius 1 is 1.78 bits per heavy atom. The first-order chi connectivity index (χ1) is 4.27. The van der Waals surface area contributed by atoms with Crippen LogP contribution in [0, 0.1) is 0 Å². The molecule has 2 amide bonds. The van der Waals surface area contributed by atoms with Crippen molar-refractivity contribution >= 4 is 17.8 Å². The van der Waals surface area contributed by atoms with Crippen LogP contribution in [0.2, 0.25) is 0 Å². The summed E-state index contributed by atoms with van der Waals surface area (Å²) < 4.78 is 0. The lowest BCUT2D eigenvalue weighted by molar-refractivity contribution is 0.249. The summed E-state index contributed by atoms with van der Waals surface area (Å²) in [4.78, 5) is 10.1. The molecule has 54 valence electrons. The van der Waals surface area contributed by atoms with Gasteiger partial charge in [-0.2, -0.15) is 11.8 Å². The van der Waals surface area contributed by atoms with Crippen molar-refractivity contribution in [2.45, 2.75) is 6.42 Å². The number of hydrogen-bond acceptors (Lipinski definition) is 2. The first kappa shape index (κ1) is 8.62. The molecule has 3 N–H and O–H groups in total. The average molecular weight is 148 g/mol. The molecule has 9 heavy (non-hydrogen) atoms. The van der Waals surface area contributed by atoms with Gasteiger partial charge < -0.3 is 11.1 Å². The number of urea groups is 1. The van der Waals surface area contributed by atoms with Crippen LogP contribution < -0.4 is 11.1 Å². The zero-order chi connectivity index (χ0) is 7.11. The van der Waals surface area contributed by atoms with Crippen LogP contribution in [0.25, 0.3) is 0 Å². The van der Waals surface area contributed by atoms with Crippen LogP contribution in [-0.4, -0.2) is 24.6 Å². The van der Waals surface area contributed by atoms with Gasteiger partial charge in [0, 0.05) is 6.54 Å². The number of carbonyl (C=O) groups is 1. The Balaban J connectivity index is 2.83. The molecular weight excluding hydrogens is 136 g/mol. The quantitative estimate of drug-likeness (QED) is 0.567. The van der Waals surface area contributed by atoms with Gasteiger partial charge in [0.05, 0.1) is 0 Å². The van der Waals surface area contributed by atoms with Crippen molar-refractivity contribution in [2.24, 2.45) is 5.73 Å². The lowest BCUT2D eigenvalue weighted by Crippen LogP contribution is -2.30. The number of rotatable bonds is 4. The number of amides is 2. The molecule has 0 saturated heterocycles. The third-order valence-electron chi connectivity index (χ3n) is 0.824. The minimum atomic E-state index is -0.434. The molecule has 0 bridgehead atoms. The van der Waals surface area contributed by atoms with Crippen LogP contribution >= 0.6 is 11.8 Å². The second kappa shape index (κ2) is 5.75. The van der Waals surface area contributed by atoms with Gasteiger partial charge in [-0.05, 0) is 18.4 Å². The van der Waals surface area contributed by atoms with Gasteiger partial charge in [0.2, 0.25) is 0 Å². The van der Waals surface area contributed by atoms with Crippen molar-refractivity contribution in [2.75, 3.05) is 18.6 Å². The Morgan fingerprint density at radius 3 is 2.89 bits per heavy atom. The summed E-state index contributed by atoms with van der Waals surface area (Å²) in [6.07, 6.45) is 3.02. The molecule has 0 heterocycles. The van der Waals surface area contributed by atoms with Crippen molar-refractivity contribution in [3.8, 4) is 0 Å². The molecule has 0 saturated carbocycles. The van der Waals surface area contributed by atoms with E-state index in [9.17, 15) is 4.79 Å². The normalized spacial score (nSPS) is 9.00. The van der Waals surface area contributed by atoms with Gasteiger partial charge in [0.15, 0.2) is 0 Å². The maximum Gasteiger partial charge on any atom is 0.312 e. The summed E-state index contributed by atoms with van der Waals surface area (Å²) in [5.41, 5.74) is 4.82. The number of nitrogens with two attached hydrogens (primary N) is 1. The van der Waals surface area contributed by atoms with E-state index in [1.165, 1.54) is 0 Å². The monoisotopic (exact) mass is 148 g/mol. The Morgan fingerprint density at radius 2 is 2.44 bits per heavy atom. The average Bonchev–Trinajstić information content (AvgIpc) is 1.80. The largest absolute Gasteiger partial charge is 0.352 e. The minimum absolute atomic E-state index is 0.434. The molecule has 0 fully saturated rings. The minimum Gasteiger partial charge on any atom is -0.352 e. The number of carbonyl (C=O) groups excluding carboxylic acids is 1. The van der Waals surface area contributed by atoms with Gasteiger partial charge >= 0.3 is 6.03 Å². The summed E-state index contributed by atoms with van der Waals surface area (Å²) in [5.74, 6) is 1.07. The second-order valence-electron chi connectivity index (χ2n) is 1.64. The van der Waals surface area contributed by atoms with Crippen molar-refractivity contribution in [1.29, 1.82) is 0 Å². The predicted molar refractivity (Wildman–Crippen MR) is 40.6 cm³/mol. The number of nitrogens with one attached hydrogen (secondary N) is 1. The van der Waals surface area contributed by atoms with Gasteiger partial charge in [-0.15, -0.1) is 0 Å². The summed E-state index contributed by atoms with van der Waals surface area (Å²) in [5, 5.41) is 2.51. The van der Waals surface area contributed by atoms with E-state index in [2.05, 4.69) is 5.32 Å². The van der Waals surface area contributed by atoms with E-state index in [4.69, 9.17) is 5.73 Å². The van der Waals surface area contributed by atoms with Gasteiger partial charge in [-0.25, -0.2) is 4.79 Å². The molecule has 3 nitrogen and oxygen atoms in total. The molecule has 0 spiro atoms. The smallest absolute Gasteiger partial charge is 0.312 e. The first-order valence-electron chi connectivity index (χ1n) is 2.79. The molecule has 4 heteroatoms. The van der Waals surface area contributed by atoms with E-state index in [0.29, 0.717) is 6.54 Å². The molecular formula is C5H12N2OS.